The number of ether oxygens (including phenoxy) is 3. The second kappa shape index (κ2) is 12.0. The summed E-state index contributed by atoms with van der Waals surface area (Å²) in [4.78, 5) is 26.1. The van der Waals surface area contributed by atoms with Crippen molar-refractivity contribution in [3.8, 4) is 22.8 Å². The number of amides is 1. The highest BCUT2D eigenvalue weighted by molar-refractivity contribution is 6.41. The fourth-order valence-corrected chi connectivity index (χ4v) is 4.81. The smallest absolute Gasteiger partial charge is 0.243 e. The summed E-state index contributed by atoms with van der Waals surface area (Å²) in [6.45, 7) is 12.8. The summed E-state index contributed by atoms with van der Waals surface area (Å²) in [5, 5.41) is 11.0. The molecule has 3 atom stereocenters. The Morgan fingerprint density at radius 3 is 2.38 bits per heavy atom. The average molecular weight is 590 g/mol. The van der Waals surface area contributed by atoms with Gasteiger partial charge in [0.1, 0.15) is 17.0 Å². The number of methoxy groups -OCH3 is 2. The molecule has 0 radical (unpaired) electrons. The molecule has 1 aliphatic rings. The van der Waals surface area contributed by atoms with Crippen molar-refractivity contribution in [1.82, 2.24) is 20.3 Å². The largest absolute Gasteiger partial charge is 0.495 e. The molecule has 2 aromatic heterocycles. The van der Waals surface area contributed by atoms with Crippen LogP contribution in [0.25, 0.3) is 22.2 Å². The number of carbonyl (C=O) groups excluding carboxylic acids is 1. The van der Waals surface area contributed by atoms with Crippen molar-refractivity contribution in [1.29, 1.82) is 0 Å². The molecular formula is C28H34Cl2N6O4. The molecule has 1 fully saturated rings. The highest BCUT2D eigenvalue weighted by Gasteiger charge is 2.30. The van der Waals surface area contributed by atoms with Gasteiger partial charge in [-0.2, -0.15) is 0 Å². The minimum Gasteiger partial charge on any atom is -0.495 e. The van der Waals surface area contributed by atoms with Gasteiger partial charge >= 0.3 is 0 Å². The van der Waals surface area contributed by atoms with E-state index >= 15 is 0 Å². The Hall–Kier alpha value is -3.34. The number of aromatic nitrogens is 3. The van der Waals surface area contributed by atoms with E-state index in [4.69, 9.17) is 47.4 Å². The summed E-state index contributed by atoms with van der Waals surface area (Å²) < 4.78 is 16.5. The maximum absolute atomic E-state index is 11.9. The van der Waals surface area contributed by atoms with Crippen molar-refractivity contribution >= 4 is 51.8 Å². The molecule has 40 heavy (non-hydrogen) atoms. The molecule has 1 aromatic carbocycles. The van der Waals surface area contributed by atoms with E-state index in [9.17, 15) is 4.79 Å². The number of rotatable bonds is 9. The number of anilines is 2. The summed E-state index contributed by atoms with van der Waals surface area (Å²) in [6.07, 6.45) is 2.94. The molecule has 0 spiro atoms. The molecule has 0 aliphatic carbocycles. The van der Waals surface area contributed by atoms with Crippen LogP contribution >= 0.6 is 23.2 Å². The second-order valence-corrected chi connectivity index (χ2v) is 11.4. The average Bonchev–Trinajstić information content (AvgIpc) is 3.34. The molecule has 3 aromatic rings. The van der Waals surface area contributed by atoms with Crippen molar-refractivity contribution in [3.63, 3.8) is 0 Å². The van der Waals surface area contributed by atoms with Crippen LogP contribution in [0.15, 0.2) is 31.0 Å². The maximum Gasteiger partial charge on any atom is 0.243 e. The Morgan fingerprint density at radius 2 is 1.77 bits per heavy atom. The van der Waals surface area contributed by atoms with E-state index in [-0.39, 0.29) is 29.4 Å². The maximum atomic E-state index is 11.9. The van der Waals surface area contributed by atoms with E-state index < -0.39 is 0 Å². The Morgan fingerprint density at radius 1 is 1.12 bits per heavy atom. The predicted molar refractivity (Wildman–Crippen MR) is 159 cm³/mol. The molecule has 3 N–H and O–H groups in total. The van der Waals surface area contributed by atoms with Crippen molar-refractivity contribution in [3.05, 3.63) is 41.0 Å². The second-order valence-electron chi connectivity index (χ2n) is 10.6. The van der Waals surface area contributed by atoms with Crippen molar-refractivity contribution in [2.75, 3.05) is 38.1 Å². The zero-order valence-corrected chi connectivity index (χ0v) is 24.9. The van der Waals surface area contributed by atoms with E-state index in [1.165, 1.54) is 20.3 Å². The molecule has 0 unspecified atom stereocenters. The summed E-state index contributed by atoms with van der Waals surface area (Å²) in [5.74, 6) is 1.46. The molecule has 12 heteroatoms. The summed E-state index contributed by atoms with van der Waals surface area (Å²) in [5.41, 5.74) is 1.50. The Labute approximate surface area is 243 Å². The van der Waals surface area contributed by atoms with Crippen LogP contribution in [-0.2, 0) is 9.53 Å². The molecule has 214 valence electrons. The highest BCUT2D eigenvalue weighted by Crippen LogP contribution is 2.46. The number of fused-ring (bicyclic) bond motifs is 1. The zero-order chi connectivity index (χ0) is 29.2. The van der Waals surface area contributed by atoms with Crippen LogP contribution in [0.2, 0.25) is 10.0 Å². The standard InChI is InChI=1S/C28H34Cl2N6O4/c1-8-21(37)33-17-12-40-13-18(17)35-27-31-11-15-9-16(22-23(29)19(38-6)10-20(39-7)24(22)30)34-26(25(15)36-27)32-14(2)28(3,4)5/h8-11,14,17-18H,1,12-13H2,2-7H3,(H,32,34)(H,33,37)(H,31,35,36)/t14-,17+,18-/m1/s1. The van der Waals surface area contributed by atoms with Crippen molar-refractivity contribution < 1.29 is 19.0 Å². The quantitative estimate of drug-likeness (QED) is 0.284. The SMILES string of the molecule is C=CC(=O)N[C@H]1COC[C@H]1Nc1ncc2cc(-c3c(Cl)c(OC)cc(OC)c3Cl)nc(N[C@H](C)C(C)(C)C)c2n1. The van der Waals surface area contributed by atoms with Gasteiger partial charge in [-0.05, 0) is 24.5 Å². The molecule has 1 saturated heterocycles. The fraction of sp³-hybridized carbons (Fsp3) is 0.429. The van der Waals surface area contributed by atoms with Gasteiger partial charge in [-0.3, -0.25) is 4.79 Å². The van der Waals surface area contributed by atoms with Crippen LogP contribution in [0.5, 0.6) is 11.5 Å². The van der Waals surface area contributed by atoms with E-state index in [1.807, 2.05) is 6.07 Å². The van der Waals surface area contributed by atoms with E-state index in [2.05, 4.69) is 55.2 Å². The van der Waals surface area contributed by atoms with E-state index in [1.54, 1.807) is 12.3 Å². The molecule has 0 saturated carbocycles. The number of benzene rings is 1. The van der Waals surface area contributed by atoms with Gasteiger partial charge in [-0.1, -0.05) is 50.6 Å². The number of hydrogen-bond acceptors (Lipinski definition) is 9. The van der Waals surface area contributed by atoms with Gasteiger partial charge in [0.2, 0.25) is 11.9 Å². The van der Waals surface area contributed by atoms with Crippen LogP contribution in [0.1, 0.15) is 27.7 Å². The first-order valence-electron chi connectivity index (χ1n) is 12.8. The third-order valence-corrected chi connectivity index (χ3v) is 7.71. The lowest BCUT2D eigenvalue weighted by Crippen LogP contribution is -2.45. The molecule has 1 aliphatic heterocycles. The third kappa shape index (κ3) is 6.19. The number of pyridine rings is 1. The summed E-state index contributed by atoms with van der Waals surface area (Å²) in [6, 6.07) is 3.01. The van der Waals surface area contributed by atoms with Gasteiger partial charge in [-0.25, -0.2) is 15.0 Å². The number of hydrogen-bond donors (Lipinski definition) is 3. The molecule has 1 amide bonds. The van der Waals surface area contributed by atoms with E-state index in [0.29, 0.717) is 68.7 Å². The van der Waals surface area contributed by atoms with Crippen molar-refractivity contribution in [2.45, 2.75) is 45.8 Å². The lowest BCUT2D eigenvalue weighted by molar-refractivity contribution is -0.117. The lowest BCUT2D eigenvalue weighted by Gasteiger charge is -2.29. The van der Waals surface area contributed by atoms with Crippen LogP contribution in [0, 0.1) is 5.41 Å². The molecule has 4 rings (SSSR count). The number of nitrogens with one attached hydrogen (secondary N) is 3. The van der Waals surface area contributed by atoms with Crippen LogP contribution in [0.4, 0.5) is 11.8 Å². The van der Waals surface area contributed by atoms with Gasteiger partial charge < -0.3 is 30.2 Å². The topological polar surface area (TPSA) is 120 Å². The Bertz CT molecular complexity index is 1400. The predicted octanol–water partition coefficient (Wildman–Crippen LogP) is 5.34. The van der Waals surface area contributed by atoms with Crippen LogP contribution in [-0.4, -0.2) is 66.4 Å². The summed E-state index contributed by atoms with van der Waals surface area (Å²) in [7, 11) is 3.05. The number of carbonyl (C=O) groups is 1. The molecule has 0 bridgehead atoms. The zero-order valence-electron chi connectivity index (χ0n) is 23.4. The molecule has 10 nitrogen and oxygen atoms in total. The van der Waals surface area contributed by atoms with E-state index in [0.717, 1.165) is 0 Å². The normalized spacial score (nSPS) is 17.8. The third-order valence-electron chi connectivity index (χ3n) is 6.96. The number of nitrogens with zero attached hydrogens (tertiary/aromatic N) is 3. The summed E-state index contributed by atoms with van der Waals surface area (Å²) >= 11 is 13.5. The number of halogens is 2. The van der Waals surface area contributed by atoms with Gasteiger partial charge in [-0.15, -0.1) is 0 Å². The van der Waals surface area contributed by atoms with Crippen molar-refractivity contribution in [2.24, 2.45) is 5.41 Å². The molecular weight excluding hydrogens is 555 g/mol. The Balaban J connectivity index is 1.82. The minimum atomic E-state index is -0.271. The van der Waals surface area contributed by atoms with Gasteiger partial charge in [0, 0.05) is 29.3 Å². The Kier molecular flexibility index (Phi) is 8.92. The van der Waals surface area contributed by atoms with Crippen LogP contribution < -0.4 is 25.4 Å². The molecule has 3 heterocycles. The lowest BCUT2D eigenvalue weighted by atomic mass is 9.88. The van der Waals surface area contributed by atoms with Gasteiger partial charge in [0.25, 0.3) is 0 Å². The highest BCUT2D eigenvalue weighted by atomic mass is 35.5. The van der Waals surface area contributed by atoms with Crippen LogP contribution in [0.3, 0.4) is 0 Å². The first kappa shape index (κ1) is 29.6. The minimum absolute atomic E-state index is 0.0253. The van der Waals surface area contributed by atoms with Gasteiger partial charge in [0.15, 0.2) is 5.82 Å². The first-order chi connectivity index (χ1) is 19.0. The van der Waals surface area contributed by atoms with Gasteiger partial charge in [0.05, 0.1) is 55.3 Å². The fourth-order valence-electron chi connectivity index (χ4n) is 4.12. The first-order valence-corrected chi connectivity index (χ1v) is 13.5. The monoisotopic (exact) mass is 588 g/mol.